The van der Waals surface area contributed by atoms with Crippen LogP contribution in [0.4, 0.5) is 0 Å². The number of piperazine rings is 1. The zero-order valence-corrected chi connectivity index (χ0v) is 13.2. The maximum absolute atomic E-state index is 3.72. The molecule has 2 heterocycles. The highest BCUT2D eigenvalue weighted by Crippen LogP contribution is 2.25. The molecule has 2 rings (SSSR count). The van der Waals surface area contributed by atoms with Crippen molar-refractivity contribution >= 4 is 11.3 Å². The van der Waals surface area contributed by atoms with Crippen molar-refractivity contribution in [1.29, 1.82) is 0 Å². The van der Waals surface area contributed by atoms with Crippen LogP contribution in [0.5, 0.6) is 0 Å². The van der Waals surface area contributed by atoms with Crippen LogP contribution < -0.4 is 5.32 Å². The van der Waals surface area contributed by atoms with Crippen LogP contribution in [0.25, 0.3) is 0 Å². The third-order valence-corrected chi connectivity index (χ3v) is 5.00. The van der Waals surface area contributed by atoms with Crippen LogP contribution in [-0.2, 0) is 0 Å². The number of rotatable bonds is 6. The number of hydrogen-bond donors (Lipinski definition) is 1. The Morgan fingerprint density at radius 2 is 2.26 bits per heavy atom. The molecule has 3 nitrogen and oxygen atoms in total. The first kappa shape index (κ1) is 15.0. The highest BCUT2D eigenvalue weighted by Gasteiger charge is 2.26. The maximum atomic E-state index is 3.72. The van der Waals surface area contributed by atoms with Gasteiger partial charge in [-0.15, -0.1) is 11.3 Å². The summed E-state index contributed by atoms with van der Waals surface area (Å²) in [6.07, 6.45) is 2.41. The fraction of sp³-hybridized carbons (Fsp3) is 0.733. The fourth-order valence-corrected chi connectivity index (χ4v) is 3.55. The summed E-state index contributed by atoms with van der Waals surface area (Å²) in [6, 6.07) is 5.61. The number of nitrogens with one attached hydrogen (secondary N) is 1. The smallest absolute Gasteiger partial charge is 0.0430 e. The van der Waals surface area contributed by atoms with Gasteiger partial charge in [-0.25, -0.2) is 0 Å². The first-order chi connectivity index (χ1) is 9.20. The van der Waals surface area contributed by atoms with Gasteiger partial charge in [-0.3, -0.25) is 0 Å². The molecule has 1 fully saturated rings. The Labute approximate surface area is 121 Å². The van der Waals surface area contributed by atoms with Crippen LogP contribution in [-0.4, -0.2) is 56.1 Å². The molecule has 0 amide bonds. The monoisotopic (exact) mass is 281 g/mol. The summed E-state index contributed by atoms with van der Waals surface area (Å²) in [4.78, 5) is 6.46. The van der Waals surface area contributed by atoms with Crippen molar-refractivity contribution < 1.29 is 0 Å². The highest BCUT2D eigenvalue weighted by atomic mass is 32.1. The van der Waals surface area contributed by atoms with Gasteiger partial charge < -0.3 is 15.1 Å². The molecule has 1 N–H and O–H groups in total. The molecule has 4 heteroatoms. The van der Waals surface area contributed by atoms with Gasteiger partial charge in [0.2, 0.25) is 0 Å². The average Bonchev–Trinajstić information content (AvgIpc) is 2.92. The van der Waals surface area contributed by atoms with Crippen LogP contribution in [0, 0.1) is 0 Å². The SMILES string of the molecule is CCCNC(CC1CN(C)CCN1C)c1cccs1. The minimum Gasteiger partial charge on any atom is -0.309 e. The number of thiophene rings is 1. The van der Waals surface area contributed by atoms with E-state index in [1.807, 2.05) is 11.3 Å². The number of hydrogen-bond acceptors (Lipinski definition) is 4. The van der Waals surface area contributed by atoms with Crippen molar-refractivity contribution in [2.75, 3.05) is 40.3 Å². The molecule has 19 heavy (non-hydrogen) atoms. The van der Waals surface area contributed by atoms with E-state index >= 15 is 0 Å². The predicted octanol–water partition coefficient (Wildman–Crippen LogP) is 2.42. The maximum Gasteiger partial charge on any atom is 0.0430 e. The number of likely N-dealkylation sites (N-methyl/N-ethyl adjacent to an activating group) is 2. The van der Waals surface area contributed by atoms with E-state index in [1.54, 1.807) is 0 Å². The second-order valence-electron chi connectivity index (χ2n) is 5.65. The molecule has 0 spiro atoms. The molecule has 0 radical (unpaired) electrons. The van der Waals surface area contributed by atoms with Crippen molar-refractivity contribution in [2.45, 2.75) is 31.8 Å². The standard InChI is InChI=1S/C15H27N3S/c1-4-7-16-14(15-6-5-10-19-15)11-13-12-17(2)8-9-18(13)3/h5-6,10,13-14,16H,4,7-9,11-12H2,1-3H3. The van der Waals surface area contributed by atoms with Gasteiger partial charge in [-0.2, -0.15) is 0 Å². The van der Waals surface area contributed by atoms with Gasteiger partial charge in [0.15, 0.2) is 0 Å². The molecule has 0 aliphatic carbocycles. The molecular weight excluding hydrogens is 254 g/mol. The van der Waals surface area contributed by atoms with Crippen molar-refractivity contribution in [3.63, 3.8) is 0 Å². The molecule has 1 aliphatic heterocycles. The summed E-state index contributed by atoms with van der Waals surface area (Å²) in [5, 5.41) is 5.91. The van der Waals surface area contributed by atoms with E-state index in [9.17, 15) is 0 Å². The minimum atomic E-state index is 0.513. The fourth-order valence-electron chi connectivity index (χ4n) is 2.74. The van der Waals surface area contributed by atoms with Crippen LogP contribution in [0.15, 0.2) is 17.5 Å². The van der Waals surface area contributed by atoms with E-state index < -0.39 is 0 Å². The van der Waals surface area contributed by atoms with Gasteiger partial charge in [0.1, 0.15) is 0 Å². The Balaban J connectivity index is 1.98. The van der Waals surface area contributed by atoms with Gasteiger partial charge in [0, 0.05) is 36.6 Å². The van der Waals surface area contributed by atoms with Crippen LogP contribution in [0.2, 0.25) is 0 Å². The Bertz CT molecular complexity index is 352. The Kier molecular flexibility index (Phi) is 5.82. The lowest BCUT2D eigenvalue weighted by Gasteiger charge is -2.39. The average molecular weight is 281 g/mol. The molecule has 1 aromatic rings. The van der Waals surface area contributed by atoms with E-state index in [4.69, 9.17) is 0 Å². The largest absolute Gasteiger partial charge is 0.309 e. The van der Waals surface area contributed by atoms with Gasteiger partial charge in [-0.05, 0) is 44.9 Å². The molecule has 1 aliphatic rings. The lowest BCUT2D eigenvalue weighted by atomic mass is 10.0. The van der Waals surface area contributed by atoms with Crippen LogP contribution >= 0.6 is 11.3 Å². The Morgan fingerprint density at radius 3 is 2.95 bits per heavy atom. The summed E-state index contributed by atoms with van der Waals surface area (Å²) in [5.41, 5.74) is 0. The zero-order chi connectivity index (χ0) is 13.7. The molecule has 0 bridgehead atoms. The Hall–Kier alpha value is -0.420. The number of nitrogens with zero attached hydrogens (tertiary/aromatic N) is 2. The lowest BCUT2D eigenvalue weighted by Crippen LogP contribution is -2.51. The molecule has 108 valence electrons. The first-order valence-electron chi connectivity index (χ1n) is 7.36. The molecule has 1 saturated heterocycles. The molecule has 1 aromatic heterocycles. The van der Waals surface area contributed by atoms with Gasteiger partial charge in [0.05, 0.1) is 0 Å². The van der Waals surface area contributed by atoms with Crippen LogP contribution in [0.3, 0.4) is 0 Å². The Morgan fingerprint density at radius 1 is 1.42 bits per heavy atom. The van der Waals surface area contributed by atoms with Crippen molar-refractivity contribution in [1.82, 2.24) is 15.1 Å². The topological polar surface area (TPSA) is 18.5 Å². The summed E-state index contributed by atoms with van der Waals surface area (Å²) >= 11 is 1.88. The summed E-state index contributed by atoms with van der Waals surface area (Å²) in [5.74, 6) is 0. The quantitative estimate of drug-likeness (QED) is 0.864. The zero-order valence-electron chi connectivity index (χ0n) is 12.4. The van der Waals surface area contributed by atoms with E-state index in [1.165, 1.54) is 37.4 Å². The van der Waals surface area contributed by atoms with Crippen molar-refractivity contribution in [2.24, 2.45) is 0 Å². The second kappa shape index (κ2) is 7.39. The van der Waals surface area contributed by atoms with Crippen molar-refractivity contribution in [3.05, 3.63) is 22.4 Å². The van der Waals surface area contributed by atoms with E-state index in [0.29, 0.717) is 12.1 Å². The second-order valence-corrected chi connectivity index (χ2v) is 6.63. The highest BCUT2D eigenvalue weighted by molar-refractivity contribution is 7.10. The normalized spacial score (nSPS) is 23.6. The van der Waals surface area contributed by atoms with E-state index in [-0.39, 0.29) is 0 Å². The molecule has 0 saturated carbocycles. The summed E-state index contributed by atoms with van der Waals surface area (Å²) < 4.78 is 0. The minimum absolute atomic E-state index is 0.513. The molecule has 2 atom stereocenters. The van der Waals surface area contributed by atoms with Crippen LogP contribution in [0.1, 0.15) is 30.7 Å². The lowest BCUT2D eigenvalue weighted by molar-refractivity contribution is 0.101. The third kappa shape index (κ3) is 4.28. The predicted molar refractivity (Wildman–Crippen MR) is 83.9 cm³/mol. The third-order valence-electron chi connectivity index (χ3n) is 4.02. The van der Waals surface area contributed by atoms with Crippen molar-refractivity contribution in [3.8, 4) is 0 Å². The summed E-state index contributed by atoms with van der Waals surface area (Å²) in [6.45, 7) is 6.91. The molecular formula is C15H27N3S. The van der Waals surface area contributed by atoms with Gasteiger partial charge in [-0.1, -0.05) is 13.0 Å². The molecule has 2 unspecified atom stereocenters. The van der Waals surface area contributed by atoms with E-state index in [2.05, 4.69) is 53.6 Å². The summed E-state index contributed by atoms with van der Waals surface area (Å²) in [7, 11) is 4.50. The van der Waals surface area contributed by atoms with E-state index in [0.717, 1.165) is 6.54 Å². The van der Waals surface area contributed by atoms with Gasteiger partial charge in [0.25, 0.3) is 0 Å². The first-order valence-corrected chi connectivity index (χ1v) is 8.24. The van der Waals surface area contributed by atoms with Gasteiger partial charge >= 0.3 is 0 Å². The molecule has 0 aromatic carbocycles.